The maximum Gasteiger partial charge on any atom is 0.324 e. The van der Waals surface area contributed by atoms with Crippen molar-refractivity contribution in [3.05, 3.63) is 63.6 Å². The van der Waals surface area contributed by atoms with Crippen LogP contribution in [0.15, 0.2) is 42.5 Å². The Morgan fingerprint density at radius 3 is 2.34 bits per heavy atom. The summed E-state index contributed by atoms with van der Waals surface area (Å²) < 4.78 is 0. The second kappa shape index (κ2) is 8.18. The summed E-state index contributed by atoms with van der Waals surface area (Å²) >= 11 is 12.3. The van der Waals surface area contributed by atoms with E-state index >= 15 is 0 Å². The summed E-state index contributed by atoms with van der Waals surface area (Å²) in [7, 11) is 0. The Kier molecular flexibility index (Phi) is 5.82. The fourth-order valence-corrected chi connectivity index (χ4v) is 5.57. The van der Waals surface area contributed by atoms with E-state index < -0.39 is 41.2 Å². The van der Waals surface area contributed by atoms with Gasteiger partial charge in [-0.15, -0.1) is 0 Å². The highest BCUT2D eigenvalue weighted by molar-refractivity contribution is 6.38. The first kappa shape index (κ1) is 22.8. The number of amides is 2. The number of fused-ring (bicyclic) bond motifs is 1. The second-order valence-electron chi connectivity index (χ2n) is 9.02. The Bertz CT molecular complexity index is 1100. The lowest BCUT2D eigenvalue weighted by atomic mass is 9.75. The fraction of sp³-hybridized carbons (Fsp3) is 0.375. The SMILES string of the molecule is Cc1ccc([C@@H]2N[C@](CC(C)C)(C(=O)O)[C@@H]3C(=O)N(c4ccc(Cl)cc4Cl)C(=O)[C@H]32)cc1. The monoisotopic (exact) mass is 474 g/mol. The van der Waals surface area contributed by atoms with Crippen molar-refractivity contribution in [3.63, 3.8) is 0 Å². The summed E-state index contributed by atoms with van der Waals surface area (Å²) in [6.45, 7) is 5.74. The minimum Gasteiger partial charge on any atom is -0.480 e. The standard InChI is InChI=1S/C24H24Cl2N2O4/c1-12(2)11-24(23(31)32)19-18(20(27-24)14-6-4-13(3)5-7-14)21(29)28(22(19)30)17-9-8-15(25)10-16(17)26/h4-10,12,18-20,27H,11H2,1-3H3,(H,31,32)/t18-,19+,20+,24+/m1/s1. The van der Waals surface area contributed by atoms with Crippen LogP contribution in [-0.4, -0.2) is 28.4 Å². The Morgan fingerprint density at radius 1 is 1.12 bits per heavy atom. The highest BCUT2D eigenvalue weighted by Gasteiger charge is 2.68. The van der Waals surface area contributed by atoms with Crippen LogP contribution in [-0.2, 0) is 14.4 Å². The van der Waals surface area contributed by atoms with Crippen molar-refractivity contribution in [2.45, 2.75) is 38.8 Å². The van der Waals surface area contributed by atoms with Crippen molar-refractivity contribution < 1.29 is 19.5 Å². The topological polar surface area (TPSA) is 86.7 Å². The third-order valence-corrected chi connectivity index (χ3v) is 6.89. The van der Waals surface area contributed by atoms with E-state index in [0.29, 0.717) is 5.02 Å². The molecule has 32 heavy (non-hydrogen) atoms. The smallest absolute Gasteiger partial charge is 0.324 e. The van der Waals surface area contributed by atoms with Gasteiger partial charge in [0.2, 0.25) is 11.8 Å². The van der Waals surface area contributed by atoms with E-state index in [4.69, 9.17) is 23.2 Å². The van der Waals surface area contributed by atoms with Crippen molar-refractivity contribution in [1.82, 2.24) is 5.32 Å². The maximum atomic E-state index is 13.7. The molecule has 2 amide bonds. The van der Waals surface area contributed by atoms with E-state index in [1.165, 1.54) is 12.1 Å². The van der Waals surface area contributed by atoms with Gasteiger partial charge in [0, 0.05) is 11.1 Å². The minimum absolute atomic E-state index is 0.0212. The van der Waals surface area contributed by atoms with Crippen LogP contribution in [0.1, 0.15) is 37.4 Å². The van der Waals surface area contributed by atoms with Gasteiger partial charge in [-0.3, -0.25) is 19.7 Å². The van der Waals surface area contributed by atoms with Crippen molar-refractivity contribution in [2.75, 3.05) is 4.90 Å². The number of carbonyl (C=O) groups is 3. The Balaban J connectivity index is 1.88. The first-order valence-electron chi connectivity index (χ1n) is 10.5. The molecule has 0 spiro atoms. The van der Waals surface area contributed by atoms with E-state index in [-0.39, 0.29) is 23.0 Å². The molecule has 4 atom stereocenters. The number of hydrogen-bond donors (Lipinski definition) is 2. The van der Waals surface area contributed by atoms with Gasteiger partial charge in [-0.25, -0.2) is 4.90 Å². The van der Waals surface area contributed by atoms with Crippen LogP contribution in [0.3, 0.4) is 0 Å². The minimum atomic E-state index is -1.57. The number of carbonyl (C=O) groups excluding carboxylic acids is 2. The number of rotatable bonds is 5. The van der Waals surface area contributed by atoms with Crippen molar-refractivity contribution in [3.8, 4) is 0 Å². The molecular weight excluding hydrogens is 451 g/mol. The summed E-state index contributed by atoms with van der Waals surface area (Å²) in [6.07, 6.45) is 0.201. The van der Waals surface area contributed by atoms with Gasteiger partial charge in [-0.05, 0) is 43.0 Å². The molecule has 0 radical (unpaired) electrons. The van der Waals surface area contributed by atoms with Gasteiger partial charge >= 0.3 is 5.97 Å². The molecule has 4 rings (SSSR count). The van der Waals surface area contributed by atoms with Crippen molar-refractivity contribution >= 4 is 46.7 Å². The number of nitrogens with zero attached hydrogens (tertiary/aromatic N) is 1. The molecule has 0 aromatic heterocycles. The molecule has 2 saturated heterocycles. The normalized spacial score (nSPS) is 27.3. The molecule has 0 saturated carbocycles. The lowest BCUT2D eigenvalue weighted by Gasteiger charge is -2.32. The number of hydrogen-bond acceptors (Lipinski definition) is 4. The number of carboxylic acids is 1. The number of nitrogens with one attached hydrogen (secondary N) is 1. The van der Waals surface area contributed by atoms with E-state index in [2.05, 4.69) is 5.32 Å². The summed E-state index contributed by atoms with van der Waals surface area (Å²) in [5, 5.41) is 14.1. The molecule has 2 aromatic rings. The van der Waals surface area contributed by atoms with Crippen LogP contribution < -0.4 is 10.2 Å². The van der Waals surface area contributed by atoms with Crippen LogP contribution >= 0.6 is 23.2 Å². The third kappa shape index (κ3) is 3.51. The highest BCUT2D eigenvalue weighted by Crippen LogP contribution is 2.52. The number of imide groups is 1. The molecule has 2 N–H and O–H groups in total. The number of aryl methyl sites for hydroxylation is 1. The van der Waals surface area contributed by atoms with Gasteiger partial charge in [-0.1, -0.05) is 66.9 Å². The molecule has 2 aliphatic heterocycles. The largest absolute Gasteiger partial charge is 0.480 e. The maximum absolute atomic E-state index is 13.7. The van der Waals surface area contributed by atoms with Gasteiger partial charge in [0.05, 0.1) is 22.5 Å². The molecule has 168 valence electrons. The van der Waals surface area contributed by atoms with Crippen LogP contribution in [0.4, 0.5) is 5.69 Å². The molecule has 0 unspecified atom stereocenters. The lowest BCUT2D eigenvalue weighted by Crippen LogP contribution is -2.56. The molecule has 2 aromatic carbocycles. The van der Waals surface area contributed by atoms with Crippen LogP contribution in [0, 0.1) is 24.7 Å². The Labute approximate surface area is 196 Å². The van der Waals surface area contributed by atoms with Gasteiger partial charge in [-0.2, -0.15) is 0 Å². The summed E-state index contributed by atoms with van der Waals surface area (Å²) in [5.74, 6) is -4.11. The Morgan fingerprint density at radius 2 is 1.78 bits per heavy atom. The first-order chi connectivity index (χ1) is 15.1. The van der Waals surface area contributed by atoms with E-state index in [1.807, 2.05) is 45.0 Å². The van der Waals surface area contributed by atoms with Crippen LogP contribution in [0.25, 0.3) is 0 Å². The molecule has 6 nitrogen and oxygen atoms in total. The first-order valence-corrected chi connectivity index (χ1v) is 11.2. The zero-order chi connectivity index (χ0) is 23.4. The quantitative estimate of drug-likeness (QED) is 0.617. The second-order valence-corrected chi connectivity index (χ2v) is 9.86. The average Bonchev–Trinajstić information content (AvgIpc) is 3.18. The molecule has 2 heterocycles. The number of carboxylic acid groups (broad SMARTS) is 1. The summed E-state index contributed by atoms with van der Waals surface area (Å²) in [6, 6.07) is 11.4. The predicted octanol–water partition coefficient (Wildman–Crippen LogP) is 4.62. The third-order valence-electron chi connectivity index (χ3n) is 6.35. The van der Waals surface area contributed by atoms with Crippen molar-refractivity contribution in [1.29, 1.82) is 0 Å². The number of halogens is 2. The zero-order valence-electron chi connectivity index (χ0n) is 17.9. The lowest BCUT2D eigenvalue weighted by molar-refractivity contribution is -0.149. The Hall–Kier alpha value is -2.41. The zero-order valence-corrected chi connectivity index (χ0v) is 19.4. The molecule has 2 aliphatic rings. The van der Waals surface area contributed by atoms with E-state index in [9.17, 15) is 19.5 Å². The summed E-state index contributed by atoms with van der Waals surface area (Å²) in [5.41, 5.74) is 0.447. The number of aliphatic carboxylic acids is 1. The molecule has 2 fully saturated rings. The average molecular weight is 475 g/mol. The summed E-state index contributed by atoms with van der Waals surface area (Å²) in [4.78, 5) is 41.0. The van der Waals surface area contributed by atoms with E-state index in [1.54, 1.807) is 6.07 Å². The molecular formula is C24H24Cl2N2O4. The highest BCUT2D eigenvalue weighted by atomic mass is 35.5. The van der Waals surface area contributed by atoms with Gasteiger partial charge in [0.15, 0.2) is 0 Å². The van der Waals surface area contributed by atoms with Crippen LogP contribution in [0.5, 0.6) is 0 Å². The fourth-order valence-electron chi connectivity index (χ4n) is 5.08. The van der Waals surface area contributed by atoms with Gasteiger partial charge in [0.1, 0.15) is 5.54 Å². The predicted molar refractivity (Wildman–Crippen MR) is 123 cm³/mol. The molecule has 0 aliphatic carbocycles. The molecule has 0 bridgehead atoms. The van der Waals surface area contributed by atoms with Crippen molar-refractivity contribution in [2.24, 2.45) is 17.8 Å². The number of anilines is 1. The van der Waals surface area contributed by atoms with Gasteiger partial charge < -0.3 is 5.11 Å². The van der Waals surface area contributed by atoms with Gasteiger partial charge in [0.25, 0.3) is 0 Å². The molecule has 8 heteroatoms. The van der Waals surface area contributed by atoms with E-state index in [0.717, 1.165) is 16.0 Å². The number of benzene rings is 2. The van der Waals surface area contributed by atoms with Crippen LogP contribution in [0.2, 0.25) is 10.0 Å².